The Morgan fingerprint density at radius 2 is 1.96 bits per heavy atom. The van der Waals surface area contributed by atoms with Crippen LogP contribution in [0.25, 0.3) is 0 Å². The number of nitrogens with one attached hydrogen (secondary N) is 1. The number of benzene rings is 1. The molecule has 1 amide bonds. The molecule has 2 aromatic rings. The van der Waals surface area contributed by atoms with E-state index in [0.717, 1.165) is 11.8 Å². The second-order valence-corrected chi connectivity index (χ2v) is 5.89. The number of carboxylic acid groups (broad SMARTS) is 1. The molecule has 2 N–H and O–H groups in total. The van der Waals surface area contributed by atoms with Crippen LogP contribution < -0.4 is 11.3 Å². The molecule has 1 unspecified atom stereocenters. The summed E-state index contributed by atoms with van der Waals surface area (Å²) in [5.74, 6) is -2.23. The molecule has 0 fully saturated rings. The first-order chi connectivity index (χ1) is 12.9. The first-order valence-electron chi connectivity index (χ1n) is 8.16. The van der Waals surface area contributed by atoms with Gasteiger partial charge in [-0.2, -0.15) is 0 Å². The zero-order valence-corrected chi connectivity index (χ0v) is 14.6. The third-order valence-electron chi connectivity index (χ3n) is 3.86. The van der Waals surface area contributed by atoms with Crippen LogP contribution in [0.1, 0.15) is 40.3 Å². The molecular formula is C18H19NO8. The fraction of sp³-hybridized carbons (Fsp3) is 0.333. The Morgan fingerprint density at radius 3 is 2.52 bits per heavy atom. The van der Waals surface area contributed by atoms with Crippen molar-refractivity contribution in [1.82, 2.24) is 5.48 Å². The molecule has 0 saturated carbocycles. The van der Waals surface area contributed by atoms with Crippen LogP contribution in [-0.2, 0) is 27.5 Å². The lowest BCUT2D eigenvalue weighted by atomic mass is 9.95. The molecule has 0 aliphatic heterocycles. The van der Waals surface area contributed by atoms with Crippen molar-refractivity contribution < 1.29 is 33.2 Å². The van der Waals surface area contributed by atoms with Crippen molar-refractivity contribution in [3.05, 3.63) is 57.5 Å². The van der Waals surface area contributed by atoms with Crippen LogP contribution in [0.4, 0.5) is 0 Å². The SMILES string of the molecule is Cc1oc(=O)oc1CONC(=O)CCC(C=O)Cc1ccc(C(=O)O)cc1. The number of carbonyl (C=O) groups excluding carboxylic acids is 2. The van der Waals surface area contributed by atoms with Crippen LogP contribution in [-0.4, -0.2) is 23.3 Å². The number of hydrogen-bond donors (Lipinski definition) is 2. The molecule has 144 valence electrons. The first-order valence-corrected chi connectivity index (χ1v) is 8.16. The van der Waals surface area contributed by atoms with Crippen molar-refractivity contribution in [1.29, 1.82) is 0 Å². The van der Waals surface area contributed by atoms with E-state index in [1.165, 1.54) is 19.1 Å². The molecule has 1 aromatic carbocycles. The zero-order valence-electron chi connectivity index (χ0n) is 14.6. The number of carbonyl (C=O) groups is 3. The topological polar surface area (TPSA) is 136 Å². The predicted molar refractivity (Wildman–Crippen MR) is 90.8 cm³/mol. The van der Waals surface area contributed by atoms with E-state index < -0.39 is 17.7 Å². The quantitative estimate of drug-likeness (QED) is 0.471. The minimum absolute atomic E-state index is 0.0605. The Labute approximate surface area is 153 Å². The number of hydrogen-bond acceptors (Lipinski definition) is 7. The predicted octanol–water partition coefficient (Wildman–Crippen LogP) is 1.63. The molecule has 0 radical (unpaired) electrons. The number of aryl methyl sites for hydroxylation is 1. The molecule has 1 aromatic heterocycles. The summed E-state index contributed by atoms with van der Waals surface area (Å²) in [4.78, 5) is 49.7. The molecule has 27 heavy (non-hydrogen) atoms. The van der Waals surface area contributed by atoms with Gasteiger partial charge in [0.15, 0.2) is 5.76 Å². The standard InChI is InChI=1S/C18H19NO8/c1-11-15(27-18(24)26-11)10-25-19-16(21)7-4-13(9-20)8-12-2-5-14(6-3-12)17(22)23/h2-3,5-6,9,13H,4,7-8,10H2,1H3,(H,19,21)(H,22,23). The molecule has 2 rings (SSSR count). The summed E-state index contributed by atoms with van der Waals surface area (Å²) in [5.41, 5.74) is 3.18. The van der Waals surface area contributed by atoms with E-state index >= 15 is 0 Å². The monoisotopic (exact) mass is 377 g/mol. The summed E-state index contributed by atoms with van der Waals surface area (Å²) in [6.07, 6.45) is 1.53. The lowest BCUT2D eigenvalue weighted by Gasteiger charge is -2.10. The summed E-state index contributed by atoms with van der Waals surface area (Å²) >= 11 is 0. The Hall–Kier alpha value is -3.20. The molecule has 0 bridgehead atoms. The number of aldehydes is 1. The first kappa shape index (κ1) is 20.1. The summed E-state index contributed by atoms with van der Waals surface area (Å²) in [5, 5.41) is 8.87. The summed E-state index contributed by atoms with van der Waals surface area (Å²) in [6, 6.07) is 6.22. The van der Waals surface area contributed by atoms with Crippen molar-refractivity contribution in [3.8, 4) is 0 Å². The molecule has 1 atom stereocenters. The van der Waals surface area contributed by atoms with Crippen LogP contribution in [0.5, 0.6) is 0 Å². The van der Waals surface area contributed by atoms with E-state index in [1.807, 2.05) is 0 Å². The van der Waals surface area contributed by atoms with Gasteiger partial charge in [0.1, 0.15) is 18.7 Å². The fourth-order valence-corrected chi connectivity index (χ4v) is 2.36. The van der Waals surface area contributed by atoms with Gasteiger partial charge < -0.3 is 18.7 Å². The highest BCUT2D eigenvalue weighted by atomic mass is 16.7. The number of aromatic carboxylic acids is 1. The van der Waals surface area contributed by atoms with Gasteiger partial charge in [0.25, 0.3) is 0 Å². The Morgan fingerprint density at radius 1 is 1.26 bits per heavy atom. The number of amides is 1. The second kappa shape index (κ2) is 9.48. The highest BCUT2D eigenvalue weighted by Gasteiger charge is 2.13. The van der Waals surface area contributed by atoms with Crippen molar-refractivity contribution in [2.24, 2.45) is 5.92 Å². The fourth-order valence-electron chi connectivity index (χ4n) is 2.36. The maximum Gasteiger partial charge on any atom is 0.519 e. The molecule has 9 nitrogen and oxygen atoms in total. The van der Waals surface area contributed by atoms with Gasteiger partial charge in [0.05, 0.1) is 5.56 Å². The van der Waals surface area contributed by atoms with Crippen molar-refractivity contribution >= 4 is 18.2 Å². The van der Waals surface area contributed by atoms with Gasteiger partial charge in [0.2, 0.25) is 5.91 Å². The Balaban J connectivity index is 1.75. The van der Waals surface area contributed by atoms with E-state index in [0.29, 0.717) is 12.8 Å². The van der Waals surface area contributed by atoms with Crippen LogP contribution in [0.2, 0.25) is 0 Å². The molecule has 9 heteroatoms. The van der Waals surface area contributed by atoms with Gasteiger partial charge in [-0.15, -0.1) is 0 Å². The largest absolute Gasteiger partial charge is 0.519 e. The molecule has 0 spiro atoms. The van der Waals surface area contributed by atoms with E-state index in [-0.39, 0.29) is 36.0 Å². The van der Waals surface area contributed by atoms with E-state index in [9.17, 15) is 19.2 Å². The number of rotatable bonds is 10. The molecular weight excluding hydrogens is 358 g/mol. The van der Waals surface area contributed by atoms with Crippen molar-refractivity contribution in [2.75, 3.05) is 0 Å². The minimum atomic E-state index is -1.02. The van der Waals surface area contributed by atoms with Gasteiger partial charge in [-0.3, -0.25) is 9.63 Å². The third-order valence-corrected chi connectivity index (χ3v) is 3.86. The summed E-state index contributed by atoms with van der Waals surface area (Å²) < 4.78 is 9.38. The van der Waals surface area contributed by atoms with Crippen LogP contribution in [0.15, 0.2) is 37.9 Å². The van der Waals surface area contributed by atoms with Gasteiger partial charge in [-0.1, -0.05) is 12.1 Å². The highest BCUT2D eigenvalue weighted by Crippen LogP contribution is 2.14. The van der Waals surface area contributed by atoms with Crippen LogP contribution in [0, 0.1) is 12.8 Å². The van der Waals surface area contributed by atoms with Crippen LogP contribution in [0.3, 0.4) is 0 Å². The van der Waals surface area contributed by atoms with Gasteiger partial charge in [-0.05, 0) is 37.5 Å². The Kier molecular flexibility index (Phi) is 7.07. The molecule has 0 aliphatic carbocycles. The zero-order chi connectivity index (χ0) is 19.8. The van der Waals surface area contributed by atoms with Crippen LogP contribution >= 0.6 is 0 Å². The Bertz CT molecular complexity index is 849. The van der Waals surface area contributed by atoms with Crippen molar-refractivity contribution in [3.63, 3.8) is 0 Å². The maximum absolute atomic E-state index is 11.8. The van der Waals surface area contributed by atoms with Crippen molar-refractivity contribution in [2.45, 2.75) is 32.8 Å². The lowest BCUT2D eigenvalue weighted by molar-refractivity contribution is -0.135. The minimum Gasteiger partial charge on any atom is -0.478 e. The number of hydroxylamine groups is 1. The van der Waals surface area contributed by atoms with Gasteiger partial charge in [0, 0.05) is 12.3 Å². The second-order valence-electron chi connectivity index (χ2n) is 5.89. The average Bonchev–Trinajstić information content (AvgIpc) is 2.96. The molecule has 1 heterocycles. The lowest BCUT2D eigenvalue weighted by Crippen LogP contribution is -2.24. The smallest absolute Gasteiger partial charge is 0.478 e. The maximum atomic E-state index is 11.8. The van der Waals surface area contributed by atoms with E-state index in [1.54, 1.807) is 12.1 Å². The normalized spacial score (nSPS) is 11.7. The number of carboxylic acids is 1. The molecule has 0 saturated heterocycles. The average molecular weight is 377 g/mol. The van der Waals surface area contributed by atoms with E-state index in [2.05, 4.69) is 9.90 Å². The van der Waals surface area contributed by atoms with Gasteiger partial charge >= 0.3 is 11.8 Å². The van der Waals surface area contributed by atoms with E-state index in [4.69, 9.17) is 14.4 Å². The summed E-state index contributed by atoms with van der Waals surface area (Å²) in [6.45, 7) is 1.37. The highest BCUT2D eigenvalue weighted by molar-refractivity contribution is 5.87. The van der Waals surface area contributed by atoms with Gasteiger partial charge in [-0.25, -0.2) is 15.1 Å². The third kappa shape index (κ3) is 6.23. The molecule has 0 aliphatic rings. The summed E-state index contributed by atoms with van der Waals surface area (Å²) in [7, 11) is 0.